The number of nitrogens with one attached hydrogen (secondary N) is 1. The van der Waals surface area contributed by atoms with Crippen molar-refractivity contribution in [2.75, 3.05) is 19.0 Å². The number of urea groups is 1. The molecular weight excluding hydrogens is 517 g/mol. The smallest absolute Gasteiger partial charge is 0.360 e. The van der Waals surface area contributed by atoms with Crippen LogP contribution in [0.15, 0.2) is 39.7 Å². The summed E-state index contributed by atoms with van der Waals surface area (Å²) >= 11 is 2.10. The van der Waals surface area contributed by atoms with Crippen molar-refractivity contribution in [3.8, 4) is 17.0 Å². The van der Waals surface area contributed by atoms with Crippen molar-refractivity contribution in [2.45, 2.75) is 32.6 Å². The number of amides is 3. The Morgan fingerprint density at radius 3 is 2.83 bits per heavy atom. The van der Waals surface area contributed by atoms with Crippen molar-refractivity contribution < 1.29 is 27.1 Å². The number of halogens is 1. The number of aliphatic imine (C=N–C) groups is 1. The molecule has 3 amide bonds. The molecule has 0 saturated carbocycles. The number of anilines is 1. The molecule has 14 heteroatoms. The van der Waals surface area contributed by atoms with Crippen LogP contribution in [0.5, 0.6) is 5.75 Å². The number of thiazole rings is 1. The standard InChI is InChI=1S/C21H22FN5O5S3/c1-3-4-5-8-32-17-7-6-13(9-15(17)22)16-12-33-19(23-16)24-18(28)10-14-11-34-21-25-20(29)26(2)35(30,31)27(14)21/h6-7,9,11-12H,3-5,8,10H2,1-2H3,(H,23,24,28). The Morgan fingerprint density at radius 1 is 1.29 bits per heavy atom. The van der Waals surface area contributed by atoms with E-state index in [4.69, 9.17) is 4.74 Å². The summed E-state index contributed by atoms with van der Waals surface area (Å²) in [5.41, 5.74) is 1.17. The minimum Gasteiger partial charge on any atom is -0.491 e. The highest BCUT2D eigenvalue weighted by atomic mass is 32.2. The van der Waals surface area contributed by atoms with Gasteiger partial charge in [-0.05, 0) is 24.6 Å². The second kappa shape index (κ2) is 10.3. The molecule has 0 spiro atoms. The molecule has 0 atom stereocenters. The number of amidine groups is 1. The van der Waals surface area contributed by atoms with Crippen LogP contribution in [0.4, 0.5) is 14.3 Å². The summed E-state index contributed by atoms with van der Waals surface area (Å²) < 4.78 is 46.4. The lowest BCUT2D eigenvalue weighted by Crippen LogP contribution is -2.48. The number of ether oxygens (including phenoxy) is 1. The van der Waals surface area contributed by atoms with E-state index in [-0.39, 0.29) is 28.2 Å². The number of carbonyl (C=O) groups excluding carboxylic acids is 2. The summed E-state index contributed by atoms with van der Waals surface area (Å²) in [5, 5.41) is 6.02. The van der Waals surface area contributed by atoms with Gasteiger partial charge >= 0.3 is 16.2 Å². The highest BCUT2D eigenvalue weighted by molar-refractivity contribution is 8.17. The van der Waals surface area contributed by atoms with Gasteiger partial charge in [0.25, 0.3) is 0 Å². The first-order chi connectivity index (χ1) is 16.7. The van der Waals surface area contributed by atoms with Crippen LogP contribution in [0.2, 0.25) is 0 Å². The van der Waals surface area contributed by atoms with Gasteiger partial charge in [0.2, 0.25) is 5.91 Å². The van der Waals surface area contributed by atoms with E-state index in [9.17, 15) is 22.4 Å². The zero-order valence-corrected chi connectivity index (χ0v) is 21.3. The number of unbranched alkanes of at least 4 members (excludes halogenated alkanes) is 2. The molecule has 0 saturated heterocycles. The van der Waals surface area contributed by atoms with E-state index in [1.54, 1.807) is 17.5 Å². The van der Waals surface area contributed by atoms with Crippen LogP contribution in [0, 0.1) is 5.82 Å². The number of aromatic nitrogens is 1. The molecule has 186 valence electrons. The Hall–Kier alpha value is -2.97. The molecule has 3 heterocycles. The first kappa shape index (κ1) is 25.1. The number of carbonyl (C=O) groups is 2. The van der Waals surface area contributed by atoms with Crippen LogP contribution in [0.3, 0.4) is 0 Å². The molecule has 0 aliphatic carbocycles. The molecule has 0 bridgehead atoms. The van der Waals surface area contributed by atoms with Gasteiger partial charge in [0.1, 0.15) is 0 Å². The number of benzene rings is 1. The van der Waals surface area contributed by atoms with Crippen molar-refractivity contribution in [2.24, 2.45) is 4.99 Å². The lowest BCUT2D eigenvalue weighted by molar-refractivity contribution is -0.115. The Kier molecular flexibility index (Phi) is 7.42. The summed E-state index contributed by atoms with van der Waals surface area (Å²) in [4.78, 5) is 32.4. The lowest BCUT2D eigenvalue weighted by atomic mass is 10.1. The van der Waals surface area contributed by atoms with Crippen molar-refractivity contribution in [3.05, 3.63) is 40.5 Å². The summed E-state index contributed by atoms with van der Waals surface area (Å²) in [6.07, 6.45) is 2.65. The highest BCUT2D eigenvalue weighted by Crippen LogP contribution is 2.35. The van der Waals surface area contributed by atoms with Gasteiger partial charge in [-0.25, -0.2) is 22.8 Å². The van der Waals surface area contributed by atoms with Crippen LogP contribution in [0.1, 0.15) is 32.6 Å². The fourth-order valence-electron chi connectivity index (χ4n) is 3.25. The minimum atomic E-state index is -4.15. The maximum Gasteiger partial charge on any atom is 0.360 e. The van der Waals surface area contributed by atoms with Crippen molar-refractivity contribution >= 4 is 55.5 Å². The quantitative estimate of drug-likeness (QED) is 0.469. The van der Waals surface area contributed by atoms with E-state index in [1.165, 1.54) is 11.5 Å². The van der Waals surface area contributed by atoms with Crippen LogP contribution >= 0.6 is 23.1 Å². The third-order valence-corrected chi connectivity index (χ3v) is 8.56. The van der Waals surface area contributed by atoms with Gasteiger partial charge < -0.3 is 10.1 Å². The zero-order chi connectivity index (χ0) is 25.2. The second-order valence-corrected chi connectivity index (χ2v) is 11.1. The molecule has 1 aromatic carbocycles. The second-order valence-electron chi connectivity index (χ2n) is 7.61. The maximum atomic E-state index is 14.4. The lowest BCUT2D eigenvalue weighted by Gasteiger charge is -2.29. The number of fused-ring (bicyclic) bond motifs is 1. The van der Waals surface area contributed by atoms with Gasteiger partial charge in [0, 0.05) is 23.4 Å². The molecule has 2 aromatic rings. The van der Waals surface area contributed by atoms with E-state index >= 15 is 0 Å². The topological polar surface area (TPSA) is 121 Å². The zero-order valence-electron chi connectivity index (χ0n) is 18.9. The number of nitrogens with zero attached hydrogens (tertiary/aromatic N) is 4. The molecule has 2 aliphatic rings. The van der Waals surface area contributed by atoms with Crippen molar-refractivity contribution in [1.29, 1.82) is 0 Å². The van der Waals surface area contributed by atoms with Gasteiger partial charge in [0.15, 0.2) is 21.9 Å². The molecule has 4 rings (SSSR count). The predicted molar refractivity (Wildman–Crippen MR) is 133 cm³/mol. The number of rotatable bonds is 9. The van der Waals surface area contributed by atoms with E-state index in [1.807, 2.05) is 0 Å². The van der Waals surface area contributed by atoms with Gasteiger partial charge in [-0.1, -0.05) is 31.5 Å². The van der Waals surface area contributed by atoms with E-state index < -0.39 is 28.0 Å². The SMILES string of the molecule is CCCCCOc1ccc(-c2csc(NC(=O)CC3=CSC4=NC(=O)N(C)S(=O)(=O)N34)n2)cc1F. The summed E-state index contributed by atoms with van der Waals surface area (Å²) in [6, 6.07) is 3.68. The third-order valence-electron chi connectivity index (χ3n) is 5.10. The maximum absolute atomic E-state index is 14.4. The molecule has 1 N–H and O–H groups in total. The van der Waals surface area contributed by atoms with Crippen molar-refractivity contribution in [1.82, 2.24) is 13.6 Å². The molecule has 0 radical (unpaired) electrons. The van der Waals surface area contributed by atoms with Crippen LogP contribution in [-0.4, -0.2) is 52.8 Å². The fourth-order valence-corrected chi connectivity index (χ4v) is 6.37. The van der Waals surface area contributed by atoms with Crippen LogP contribution < -0.4 is 10.1 Å². The average Bonchev–Trinajstić information content (AvgIpc) is 3.43. The molecule has 10 nitrogen and oxygen atoms in total. The van der Waals surface area contributed by atoms with Gasteiger partial charge in [-0.15, -0.1) is 11.3 Å². The van der Waals surface area contributed by atoms with Gasteiger partial charge in [-0.3, -0.25) is 4.79 Å². The minimum absolute atomic E-state index is 0.0211. The normalized spacial score (nSPS) is 16.6. The summed E-state index contributed by atoms with van der Waals surface area (Å²) in [7, 11) is -3.05. The number of thioether (sulfide) groups is 1. The van der Waals surface area contributed by atoms with E-state index in [0.29, 0.717) is 22.2 Å². The third kappa shape index (κ3) is 5.33. The van der Waals surface area contributed by atoms with Crippen molar-refractivity contribution in [3.63, 3.8) is 0 Å². The average molecular weight is 540 g/mol. The molecular formula is C21H22FN5O5S3. The molecule has 0 unspecified atom stereocenters. The molecule has 1 aromatic heterocycles. The first-order valence-electron chi connectivity index (χ1n) is 10.7. The van der Waals surface area contributed by atoms with E-state index in [2.05, 4.69) is 22.2 Å². The van der Waals surface area contributed by atoms with Crippen LogP contribution in [-0.2, 0) is 15.0 Å². The fraction of sp³-hybridized carbons (Fsp3) is 0.333. The summed E-state index contributed by atoms with van der Waals surface area (Å²) in [6.45, 7) is 2.53. The number of hydrogen-bond acceptors (Lipinski definition) is 8. The Morgan fingerprint density at radius 2 is 2.09 bits per heavy atom. The molecule has 35 heavy (non-hydrogen) atoms. The van der Waals surface area contributed by atoms with Crippen LogP contribution in [0.25, 0.3) is 11.3 Å². The monoisotopic (exact) mass is 539 g/mol. The highest BCUT2D eigenvalue weighted by Gasteiger charge is 2.43. The Balaban J connectivity index is 1.39. The van der Waals surface area contributed by atoms with E-state index in [0.717, 1.165) is 53.7 Å². The Labute approximate surface area is 210 Å². The Bertz CT molecular complexity index is 1320. The molecule has 2 aliphatic heterocycles. The van der Waals surface area contributed by atoms with Gasteiger partial charge in [-0.2, -0.15) is 13.4 Å². The first-order valence-corrected chi connectivity index (χ1v) is 13.8. The summed E-state index contributed by atoms with van der Waals surface area (Å²) in [5.74, 6) is -0.818. The number of hydrogen-bond donors (Lipinski definition) is 1. The molecule has 0 fully saturated rings. The predicted octanol–water partition coefficient (Wildman–Crippen LogP) is 4.40. The largest absolute Gasteiger partial charge is 0.491 e. The van der Waals surface area contributed by atoms with Gasteiger partial charge in [0.05, 0.1) is 24.4 Å².